The van der Waals surface area contributed by atoms with E-state index < -0.39 is 0 Å². The summed E-state index contributed by atoms with van der Waals surface area (Å²) in [5.41, 5.74) is 0. The van der Waals surface area contributed by atoms with Crippen LogP contribution in [0.4, 0.5) is 0 Å². The average Bonchev–Trinajstić information content (AvgIpc) is 2.28. The van der Waals surface area contributed by atoms with Gasteiger partial charge in [-0.15, -0.1) is 0 Å². The zero-order valence-electron chi connectivity index (χ0n) is 10.1. The minimum absolute atomic E-state index is 0.151. The quantitative estimate of drug-likeness (QED) is 0.753. The molecular formula is C13H24N2. The van der Waals surface area contributed by atoms with Crippen LogP contribution in [0.3, 0.4) is 0 Å². The summed E-state index contributed by atoms with van der Waals surface area (Å²) >= 11 is 0. The number of nitriles is 1. The first-order valence-electron chi connectivity index (χ1n) is 6.39. The third kappa shape index (κ3) is 4.66. The molecule has 0 heterocycles. The highest BCUT2D eigenvalue weighted by Crippen LogP contribution is 2.27. The molecule has 0 aromatic carbocycles. The van der Waals surface area contributed by atoms with Crippen LogP contribution in [0.5, 0.6) is 0 Å². The van der Waals surface area contributed by atoms with E-state index in [1.807, 2.05) is 6.92 Å². The summed E-state index contributed by atoms with van der Waals surface area (Å²) in [6.45, 7) is 5.12. The van der Waals surface area contributed by atoms with Crippen molar-refractivity contribution >= 4 is 0 Å². The Morgan fingerprint density at radius 1 is 1.33 bits per heavy atom. The van der Waals surface area contributed by atoms with Gasteiger partial charge in [-0.25, -0.2) is 0 Å². The van der Waals surface area contributed by atoms with Crippen molar-refractivity contribution in [2.45, 2.75) is 58.4 Å². The van der Waals surface area contributed by atoms with Gasteiger partial charge in [-0.3, -0.25) is 0 Å². The summed E-state index contributed by atoms with van der Waals surface area (Å²) < 4.78 is 0. The number of hydrogen-bond donors (Lipinski definition) is 1. The van der Waals surface area contributed by atoms with E-state index in [4.69, 9.17) is 5.26 Å². The van der Waals surface area contributed by atoms with Gasteiger partial charge in [0.2, 0.25) is 0 Å². The van der Waals surface area contributed by atoms with Crippen molar-refractivity contribution in [2.24, 2.45) is 11.8 Å². The Hall–Kier alpha value is -0.550. The standard InChI is InChI=1S/C13H24N2/c1-3-4-12-5-7-13(8-6-12)15-10-11(2)9-14/h11-13,15H,3-8,10H2,1-2H3. The molecule has 2 heteroatoms. The molecule has 1 N–H and O–H groups in total. The van der Waals surface area contributed by atoms with Crippen LogP contribution in [-0.2, 0) is 0 Å². The molecule has 0 bridgehead atoms. The predicted molar refractivity (Wildman–Crippen MR) is 63.4 cm³/mol. The fourth-order valence-electron chi connectivity index (χ4n) is 2.45. The summed E-state index contributed by atoms with van der Waals surface area (Å²) in [7, 11) is 0. The summed E-state index contributed by atoms with van der Waals surface area (Å²) in [6, 6.07) is 2.95. The molecule has 15 heavy (non-hydrogen) atoms. The van der Waals surface area contributed by atoms with Crippen LogP contribution in [0, 0.1) is 23.2 Å². The van der Waals surface area contributed by atoms with E-state index in [9.17, 15) is 0 Å². The molecule has 0 radical (unpaired) electrons. The minimum Gasteiger partial charge on any atom is -0.313 e. The third-order valence-electron chi connectivity index (χ3n) is 3.48. The highest BCUT2D eigenvalue weighted by molar-refractivity contribution is 4.83. The third-order valence-corrected chi connectivity index (χ3v) is 3.48. The first kappa shape index (κ1) is 12.5. The van der Waals surface area contributed by atoms with Gasteiger partial charge in [0.25, 0.3) is 0 Å². The normalized spacial score (nSPS) is 28.3. The molecular weight excluding hydrogens is 184 g/mol. The minimum atomic E-state index is 0.151. The Labute approximate surface area is 94.1 Å². The van der Waals surface area contributed by atoms with Crippen LogP contribution in [0.2, 0.25) is 0 Å². The van der Waals surface area contributed by atoms with Crippen molar-refractivity contribution in [3.63, 3.8) is 0 Å². The molecule has 86 valence electrons. The maximum Gasteiger partial charge on any atom is 0.0666 e. The summed E-state index contributed by atoms with van der Waals surface area (Å²) in [5.74, 6) is 1.12. The van der Waals surface area contributed by atoms with Crippen LogP contribution < -0.4 is 5.32 Å². The number of nitrogens with one attached hydrogen (secondary N) is 1. The molecule has 0 saturated heterocycles. The monoisotopic (exact) mass is 208 g/mol. The van der Waals surface area contributed by atoms with Crippen LogP contribution in [-0.4, -0.2) is 12.6 Å². The lowest BCUT2D eigenvalue weighted by atomic mass is 9.83. The van der Waals surface area contributed by atoms with Crippen LogP contribution in [0.15, 0.2) is 0 Å². The van der Waals surface area contributed by atoms with Crippen LogP contribution in [0.25, 0.3) is 0 Å². The topological polar surface area (TPSA) is 35.8 Å². The lowest BCUT2D eigenvalue weighted by Crippen LogP contribution is -2.35. The Morgan fingerprint density at radius 2 is 2.00 bits per heavy atom. The Morgan fingerprint density at radius 3 is 2.53 bits per heavy atom. The molecule has 1 rings (SSSR count). The van der Waals surface area contributed by atoms with Gasteiger partial charge in [-0.05, 0) is 38.5 Å². The zero-order valence-corrected chi connectivity index (χ0v) is 10.1. The molecule has 1 aliphatic rings. The smallest absolute Gasteiger partial charge is 0.0666 e. The Kier molecular flexibility index (Phi) is 5.71. The fourth-order valence-corrected chi connectivity index (χ4v) is 2.45. The summed E-state index contributed by atoms with van der Waals surface area (Å²) in [6.07, 6.45) is 8.11. The molecule has 1 aliphatic carbocycles. The largest absolute Gasteiger partial charge is 0.313 e. The second kappa shape index (κ2) is 6.85. The highest BCUT2D eigenvalue weighted by atomic mass is 14.9. The van der Waals surface area contributed by atoms with E-state index in [1.54, 1.807) is 0 Å². The maximum absolute atomic E-state index is 8.69. The average molecular weight is 208 g/mol. The van der Waals surface area contributed by atoms with Crippen molar-refractivity contribution in [3.8, 4) is 6.07 Å². The van der Waals surface area contributed by atoms with E-state index in [0.717, 1.165) is 12.5 Å². The molecule has 0 aromatic heterocycles. The lowest BCUT2D eigenvalue weighted by Gasteiger charge is -2.29. The van der Waals surface area contributed by atoms with Gasteiger partial charge in [0, 0.05) is 12.6 Å². The molecule has 0 spiro atoms. The van der Waals surface area contributed by atoms with Crippen molar-refractivity contribution in [2.75, 3.05) is 6.54 Å². The van der Waals surface area contributed by atoms with Crippen molar-refractivity contribution in [1.29, 1.82) is 5.26 Å². The second-order valence-corrected chi connectivity index (χ2v) is 4.94. The molecule has 0 amide bonds. The van der Waals surface area contributed by atoms with Gasteiger partial charge in [0.15, 0.2) is 0 Å². The maximum atomic E-state index is 8.69. The first-order valence-corrected chi connectivity index (χ1v) is 6.39. The Balaban J connectivity index is 2.12. The van der Waals surface area contributed by atoms with Gasteiger partial charge >= 0.3 is 0 Å². The van der Waals surface area contributed by atoms with Crippen LogP contribution >= 0.6 is 0 Å². The van der Waals surface area contributed by atoms with E-state index >= 15 is 0 Å². The Bertz CT molecular complexity index is 199. The van der Waals surface area contributed by atoms with Crippen molar-refractivity contribution in [1.82, 2.24) is 5.32 Å². The zero-order chi connectivity index (χ0) is 11.1. The van der Waals surface area contributed by atoms with Gasteiger partial charge in [0.1, 0.15) is 0 Å². The van der Waals surface area contributed by atoms with Gasteiger partial charge in [0.05, 0.1) is 12.0 Å². The van der Waals surface area contributed by atoms with Crippen LogP contribution in [0.1, 0.15) is 52.4 Å². The predicted octanol–water partition coefficient (Wildman–Crippen LogP) is 3.09. The number of hydrogen-bond acceptors (Lipinski definition) is 2. The van der Waals surface area contributed by atoms with Crippen molar-refractivity contribution in [3.05, 3.63) is 0 Å². The first-order chi connectivity index (χ1) is 7.26. The fraction of sp³-hybridized carbons (Fsp3) is 0.923. The van der Waals surface area contributed by atoms with E-state index in [0.29, 0.717) is 6.04 Å². The molecule has 1 fully saturated rings. The molecule has 1 atom stereocenters. The van der Waals surface area contributed by atoms with Gasteiger partial charge in [-0.1, -0.05) is 19.8 Å². The SMILES string of the molecule is CCCC1CCC(NCC(C)C#N)CC1. The summed E-state index contributed by atoms with van der Waals surface area (Å²) in [5, 5.41) is 12.2. The number of nitrogens with zero attached hydrogens (tertiary/aromatic N) is 1. The van der Waals surface area contributed by atoms with Gasteiger partial charge in [-0.2, -0.15) is 5.26 Å². The van der Waals surface area contributed by atoms with E-state index in [2.05, 4.69) is 18.3 Å². The van der Waals surface area contributed by atoms with Gasteiger partial charge < -0.3 is 5.32 Å². The molecule has 0 aliphatic heterocycles. The molecule has 1 saturated carbocycles. The molecule has 2 nitrogen and oxygen atoms in total. The van der Waals surface area contributed by atoms with E-state index in [-0.39, 0.29) is 5.92 Å². The molecule has 0 aromatic rings. The second-order valence-electron chi connectivity index (χ2n) is 4.94. The van der Waals surface area contributed by atoms with Crippen molar-refractivity contribution < 1.29 is 0 Å². The van der Waals surface area contributed by atoms with E-state index in [1.165, 1.54) is 38.5 Å². The summed E-state index contributed by atoms with van der Waals surface area (Å²) in [4.78, 5) is 0. The number of rotatable bonds is 5. The highest BCUT2D eigenvalue weighted by Gasteiger charge is 2.20. The molecule has 1 unspecified atom stereocenters. The lowest BCUT2D eigenvalue weighted by molar-refractivity contribution is 0.275.